The van der Waals surface area contributed by atoms with Crippen LogP contribution >= 0.6 is 23.2 Å². The molecule has 11 heteroatoms. The summed E-state index contributed by atoms with van der Waals surface area (Å²) >= 11 is 12.9. The molecule has 1 aromatic carbocycles. The van der Waals surface area contributed by atoms with Crippen molar-refractivity contribution in [3.63, 3.8) is 0 Å². The molecule has 2 fully saturated rings. The molecule has 1 aliphatic heterocycles. The molecule has 7 rings (SSSR count). The van der Waals surface area contributed by atoms with E-state index in [-0.39, 0.29) is 5.41 Å². The monoisotopic (exact) mass is 505 g/mol. The molecule has 0 unspecified atom stereocenters. The number of rotatable bonds is 4. The van der Waals surface area contributed by atoms with Gasteiger partial charge in [0.15, 0.2) is 5.65 Å². The molecule has 0 radical (unpaired) electrons. The Hall–Kier alpha value is -3.27. The topological polar surface area (TPSA) is 114 Å². The van der Waals surface area contributed by atoms with E-state index < -0.39 is 0 Å². The Bertz CT molecular complexity index is 1610. The highest BCUT2D eigenvalue weighted by atomic mass is 35.5. The summed E-state index contributed by atoms with van der Waals surface area (Å²) in [5.41, 5.74) is 10.7. The van der Waals surface area contributed by atoms with Gasteiger partial charge < -0.3 is 10.6 Å². The maximum Gasteiger partial charge on any atom is 0.177 e. The molecule has 0 amide bonds. The van der Waals surface area contributed by atoms with Crippen LogP contribution in [0.4, 0.5) is 5.82 Å². The second kappa shape index (κ2) is 7.36. The van der Waals surface area contributed by atoms with E-state index in [0.29, 0.717) is 45.4 Å². The highest BCUT2D eigenvalue weighted by Crippen LogP contribution is 2.62. The quantitative estimate of drug-likeness (QED) is 0.358. The van der Waals surface area contributed by atoms with Gasteiger partial charge in [-0.3, -0.25) is 9.78 Å². The average Bonchev–Trinajstić information content (AvgIpc) is 3.30. The third-order valence-corrected chi connectivity index (χ3v) is 8.26. The summed E-state index contributed by atoms with van der Waals surface area (Å²) in [7, 11) is 1.87. The van der Waals surface area contributed by atoms with Gasteiger partial charge in [-0.05, 0) is 36.1 Å². The molecule has 3 atom stereocenters. The predicted octanol–water partition coefficient (Wildman–Crippen LogP) is 3.57. The van der Waals surface area contributed by atoms with Crippen molar-refractivity contribution in [3.05, 3.63) is 58.6 Å². The number of halogens is 2. The first-order valence-electron chi connectivity index (χ1n) is 11.4. The second-order valence-corrected chi connectivity index (χ2v) is 10.1. The third-order valence-electron chi connectivity index (χ3n) is 7.64. The number of nitrogens with two attached hydrogens (primary N) is 1. The van der Waals surface area contributed by atoms with E-state index in [0.717, 1.165) is 41.1 Å². The van der Waals surface area contributed by atoms with Crippen LogP contribution in [0, 0.1) is 11.8 Å². The molecule has 0 bridgehead atoms. The molecular weight excluding hydrogens is 485 g/mol. The highest BCUT2D eigenvalue weighted by Gasteiger charge is 2.69. The van der Waals surface area contributed by atoms with E-state index in [9.17, 15) is 0 Å². The Kier molecular flexibility index (Phi) is 4.43. The molecule has 1 aliphatic carbocycles. The Morgan fingerprint density at radius 2 is 1.97 bits per heavy atom. The lowest BCUT2D eigenvalue weighted by Crippen LogP contribution is -2.35. The minimum absolute atomic E-state index is 0.109. The number of H-pyrrole nitrogens is 1. The molecule has 1 saturated heterocycles. The summed E-state index contributed by atoms with van der Waals surface area (Å²) in [6.45, 7) is 2.25. The molecule has 5 heterocycles. The number of nitrogens with one attached hydrogen (secondary N) is 1. The largest absolute Gasteiger partial charge is 0.355 e. The van der Waals surface area contributed by atoms with Gasteiger partial charge in [-0.1, -0.05) is 29.3 Å². The fraction of sp³-hybridized carbons (Fsp3) is 0.292. The number of nitrogens with zero attached hydrogens (tertiary/aromatic N) is 7. The van der Waals surface area contributed by atoms with Crippen LogP contribution in [0.3, 0.4) is 0 Å². The summed E-state index contributed by atoms with van der Waals surface area (Å²) < 4.78 is 1.75. The fourth-order valence-corrected chi connectivity index (χ4v) is 6.33. The van der Waals surface area contributed by atoms with Crippen LogP contribution in [0.5, 0.6) is 0 Å². The molecular formula is C24H21Cl2N9. The zero-order valence-corrected chi connectivity index (χ0v) is 20.3. The summed E-state index contributed by atoms with van der Waals surface area (Å²) in [5.74, 6) is 1.65. The van der Waals surface area contributed by atoms with E-state index in [1.807, 2.05) is 43.7 Å². The number of fused-ring (bicyclic) bond motifs is 3. The van der Waals surface area contributed by atoms with Crippen molar-refractivity contribution in [3.8, 4) is 11.3 Å². The van der Waals surface area contributed by atoms with Crippen LogP contribution < -0.4 is 10.6 Å². The summed E-state index contributed by atoms with van der Waals surface area (Å²) in [4.78, 5) is 16.4. The number of piperidine rings is 1. The van der Waals surface area contributed by atoms with Gasteiger partial charge in [0, 0.05) is 49.2 Å². The fourth-order valence-electron chi connectivity index (χ4n) is 5.87. The Morgan fingerprint density at radius 3 is 2.74 bits per heavy atom. The van der Waals surface area contributed by atoms with Gasteiger partial charge in [-0.25, -0.2) is 15.0 Å². The van der Waals surface area contributed by atoms with Crippen molar-refractivity contribution in [1.29, 1.82) is 0 Å². The maximum absolute atomic E-state index is 6.72. The minimum Gasteiger partial charge on any atom is -0.355 e. The first-order valence-corrected chi connectivity index (χ1v) is 12.2. The van der Waals surface area contributed by atoms with Crippen LogP contribution in [0.1, 0.15) is 5.69 Å². The van der Waals surface area contributed by atoms with Gasteiger partial charge in [0.1, 0.15) is 22.2 Å². The second-order valence-electron chi connectivity index (χ2n) is 9.37. The van der Waals surface area contributed by atoms with Crippen molar-refractivity contribution in [2.45, 2.75) is 5.41 Å². The van der Waals surface area contributed by atoms with Crippen LogP contribution in [0.2, 0.25) is 10.2 Å². The lowest BCUT2D eigenvalue weighted by Gasteiger charge is -2.26. The zero-order valence-electron chi connectivity index (χ0n) is 18.8. The van der Waals surface area contributed by atoms with E-state index in [1.54, 1.807) is 10.7 Å². The Labute approximate surface area is 210 Å². The molecule has 0 spiro atoms. The summed E-state index contributed by atoms with van der Waals surface area (Å²) in [5, 5.41) is 13.9. The maximum atomic E-state index is 6.72. The van der Waals surface area contributed by atoms with Crippen molar-refractivity contribution in [1.82, 2.24) is 34.9 Å². The SMILES string of the molecule is Cn1cc2c(Cl)c(-c3n[nH]c4nc(N5C[C@@H]6[C@H](C5)[C@]6(CN)c5cccc(Cl)n5)cnc34)ccc2n1. The van der Waals surface area contributed by atoms with Crippen molar-refractivity contribution in [2.75, 3.05) is 24.5 Å². The first kappa shape index (κ1) is 21.0. The molecule has 1 saturated carbocycles. The summed E-state index contributed by atoms with van der Waals surface area (Å²) in [6, 6.07) is 9.64. The van der Waals surface area contributed by atoms with Crippen LogP contribution in [-0.4, -0.2) is 54.6 Å². The van der Waals surface area contributed by atoms with E-state index in [1.165, 1.54) is 0 Å². The highest BCUT2D eigenvalue weighted by molar-refractivity contribution is 6.38. The van der Waals surface area contributed by atoms with Gasteiger partial charge in [0.2, 0.25) is 0 Å². The van der Waals surface area contributed by atoms with Crippen LogP contribution in [0.25, 0.3) is 33.3 Å². The van der Waals surface area contributed by atoms with Gasteiger partial charge in [-0.15, -0.1) is 0 Å². The van der Waals surface area contributed by atoms with Gasteiger partial charge in [0.25, 0.3) is 0 Å². The number of aromatic nitrogens is 7. The lowest BCUT2D eigenvalue weighted by atomic mass is 9.95. The van der Waals surface area contributed by atoms with E-state index >= 15 is 0 Å². The number of hydrogen-bond donors (Lipinski definition) is 2. The van der Waals surface area contributed by atoms with E-state index in [4.69, 9.17) is 38.9 Å². The van der Waals surface area contributed by atoms with Crippen LogP contribution in [-0.2, 0) is 12.5 Å². The smallest absolute Gasteiger partial charge is 0.177 e. The minimum atomic E-state index is -0.109. The summed E-state index contributed by atoms with van der Waals surface area (Å²) in [6.07, 6.45) is 3.71. The molecule has 9 nitrogen and oxygen atoms in total. The zero-order chi connectivity index (χ0) is 23.9. The number of aryl methyl sites for hydroxylation is 1. The molecule has 2 aliphatic rings. The third kappa shape index (κ3) is 2.95. The van der Waals surface area contributed by atoms with Crippen molar-refractivity contribution < 1.29 is 0 Å². The lowest BCUT2D eigenvalue weighted by molar-refractivity contribution is 0.539. The van der Waals surface area contributed by atoms with Crippen LogP contribution in [0.15, 0.2) is 42.7 Å². The van der Waals surface area contributed by atoms with Crippen molar-refractivity contribution >= 4 is 51.1 Å². The molecule has 5 aromatic rings. The molecule has 35 heavy (non-hydrogen) atoms. The molecule has 4 aromatic heterocycles. The first-order chi connectivity index (χ1) is 17.0. The van der Waals surface area contributed by atoms with E-state index in [2.05, 4.69) is 25.2 Å². The van der Waals surface area contributed by atoms with Crippen molar-refractivity contribution in [2.24, 2.45) is 24.6 Å². The Balaban J connectivity index is 1.18. The van der Waals surface area contributed by atoms with Gasteiger partial charge in [0.05, 0.1) is 22.4 Å². The van der Waals surface area contributed by atoms with Gasteiger partial charge in [-0.2, -0.15) is 10.2 Å². The molecule has 176 valence electrons. The predicted molar refractivity (Wildman–Crippen MR) is 136 cm³/mol. The average molecular weight is 506 g/mol. The normalized spacial score (nSPS) is 23.4. The number of aromatic amines is 1. The number of anilines is 1. The molecule has 3 N–H and O–H groups in total. The number of pyridine rings is 1. The standard InChI is InChI=1S/C24H21Cl2N9/c1-34-8-13-16(33-34)6-5-12(20(13)26)21-22-23(32-31-21)30-19(7-28-22)35-9-14-15(10-35)24(14,11-27)17-3-2-4-18(25)29-17/h2-8,14-15H,9-11,27H2,1H3,(H,30,31,32)/t14-,15+,24-. The Morgan fingerprint density at radius 1 is 1.14 bits per heavy atom. The number of hydrogen-bond acceptors (Lipinski definition) is 7. The number of benzene rings is 1. The van der Waals surface area contributed by atoms with Gasteiger partial charge >= 0.3 is 0 Å².